The zero-order valence-corrected chi connectivity index (χ0v) is 26.2. The van der Waals surface area contributed by atoms with Crippen LogP contribution in [0.3, 0.4) is 0 Å². The van der Waals surface area contributed by atoms with Gasteiger partial charge >= 0.3 is 0 Å². The number of hydrogen-bond donors (Lipinski definition) is 0. The number of benzene rings is 7. The molecule has 7 aromatic carbocycles. The molecular weight excluding hydrogens is 601 g/mol. The number of nitrogens with zero attached hydrogens (tertiary/aromatic N) is 4. The minimum Gasteiger partial charge on any atom is -0.454 e. The summed E-state index contributed by atoms with van der Waals surface area (Å²) in [5, 5.41) is 8.91. The second kappa shape index (κ2) is 10.9. The van der Waals surface area contributed by atoms with Crippen LogP contribution in [-0.2, 0) is 0 Å². The van der Waals surface area contributed by atoms with Gasteiger partial charge in [-0.15, -0.1) is 0 Å². The Labute approximate surface area is 281 Å². The van der Waals surface area contributed by atoms with Crippen LogP contribution in [0.5, 0.6) is 0 Å². The van der Waals surface area contributed by atoms with Crippen molar-refractivity contribution in [3.8, 4) is 45.4 Å². The molecule has 10 aromatic rings. The fourth-order valence-electron chi connectivity index (χ4n) is 6.98. The van der Waals surface area contributed by atoms with Crippen molar-refractivity contribution in [1.29, 1.82) is 0 Å². The van der Waals surface area contributed by atoms with Crippen LogP contribution in [0.2, 0.25) is 0 Å². The maximum atomic E-state index is 6.63. The second-order valence-electron chi connectivity index (χ2n) is 12.3. The molecule has 0 aliphatic heterocycles. The minimum atomic E-state index is 0.590. The molecule has 0 aliphatic carbocycles. The summed E-state index contributed by atoms with van der Waals surface area (Å²) in [4.78, 5) is 20.1. The fourth-order valence-corrected chi connectivity index (χ4v) is 6.98. The molecule has 5 heteroatoms. The molecule has 0 saturated carbocycles. The summed E-state index contributed by atoms with van der Waals surface area (Å²) in [7, 11) is 0. The Morgan fingerprint density at radius 3 is 1.88 bits per heavy atom. The Kier molecular flexibility index (Phi) is 6.11. The molecule has 49 heavy (non-hydrogen) atoms. The van der Waals surface area contributed by atoms with E-state index in [0.717, 1.165) is 71.4 Å². The van der Waals surface area contributed by atoms with Gasteiger partial charge in [0.25, 0.3) is 0 Å². The largest absolute Gasteiger partial charge is 0.454 e. The highest BCUT2D eigenvalue weighted by Crippen LogP contribution is 2.41. The molecule has 0 atom stereocenters. The average molecular weight is 627 g/mol. The van der Waals surface area contributed by atoms with Gasteiger partial charge in [0.15, 0.2) is 23.1 Å². The Hall–Kier alpha value is -6.72. The maximum absolute atomic E-state index is 6.63. The lowest BCUT2D eigenvalue weighted by Crippen LogP contribution is -2.00. The first-order valence-electron chi connectivity index (χ1n) is 16.3. The number of pyridine rings is 1. The summed E-state index contributed by atoms with van der Waals surface area (Å²) in [5.74, 6) is 1.83. The number of hydrogen-bond acceptors (Lipinski definition) is 5. The predicted octanol–water partition coefficient (Wildman–Crippen LogP) is 11.3. The third-order valence-corrected chi connectivity index (χ3v) is 9.33. The monoisotopic (exact) mass is 626 g/mol. The molecule has 3 heterocycles. The van der Waals surface area contributed by atoms with Gasteiger partial charge in [0.2, 0.25) is 0 Å². The van der Waals surface area contributed by atoms with E-state index in [1.165, 1.54) is 10.8 Å². The number of rotatable bonds is 4. The van der Waals surface area contributed by atoms with Gasteiger partial charge in [0.1, 0.15) is 11.3 Å². The van der Waals surface area contributed by atoms with E-state index in [-0.39, 0.29) is 0 Å². The normalized spacial score (nSPS) is 11.7. The molecule has 0 amide bonds. The van der Waals surface area contributed by atoms with E-state index >= 15 is 0 Å². The molecule has 0 unspecified atom stereocenters. The molecule has 3 aromatic heterocycles. The Morgan fingerprint density at radius 2 is 1.04 bits per heavy atom. The summed E-state index contributed by atoms with van der Waals surface area (Å²) < 4.78 is 6.63. The fraction of sp³-hybridized carbons (Fsp3) is 0. The summed E-state index contributed by atoms with van der Waals surface area (Å²) in [6.07, 6.45) is 1.88. The van der Waals surface area contributed by atoms with Crippen molar-refractivity contribution in [3.63, 3.8) is 0 Å². The van der Waals surface area contributed by atoms with E-state index in [4.69, 9.17) is 24.4 Å². The molecule has 0 N–H and O–H groups in total. The highest BCUT2D eigenvalue weighted by atomic mass is 16.3. The van der Waals surface area contributed by atoms with Gasteiger partial charge in [-0.05, 0) is 62.6 Å². The molecule has 0 fully saturated rings. The molecule has 0 aliphatic rings. The smallest absolute Gasteiger partial charge is 0.164 e. The number of aromatic nitrogens is 4. The van der Waals surface area contributed by atoms with E-state index in [1.54, 1.807) is 0 Å². The predicted molar refractivity (Wildman–Crippen MR) is 199 cm³/mol. The Balaban J connectivity index is 1.22. The molecule has 5 nitrogen and oxygen atoms in total. The zero-order chi connectivity index (χ0) is 32.3. The molecule has 0 saturated heterocycles. The van der Waals surface area contributed by atoms with Gasteiger partial charge < -0.3 is 4.42 Å². The maximum Gasteiger partial charge on any atom is 0.164 e. The summed E-state index contributed by atoms with van der Waals surface area (Å²) in [6.45, 7) is 0. The van der Waals surface area contributed by atoms with Crippen LogP contribution in [0, 0.1) is 0 Å². The lowest BCUT2D eigenvalue weighted by Gasteiger charge is -2.12. The number of furan rings is 1. The van der Waals surface area contributed by atoms with E-state index in [0.29, 0.717) is 17.5 Å². The molecule has 228 valence electrons. The van der Waals surface area contributed by atoms with Gasteiger partial charge in [0.05, 0.1) is 0 Å². The van der Waals surface area contributed by atoms with E-state index in [2.05, 4.69) is 121 Å². The van der Waals surface area contributed by atoms with E-state index in [1.807, 2.05) is 36.5 Å². The standard InChI is InChI=1S/C44H26N4O/c1-2-12-29(13-3-1)42-46-43(32-19-18-27-10-4-5-14-30(27)24-32)48-44(47-42)33-25-31-15-7-8-16-34(31)37(26-33)40-41-36(22-23-45-40)39-35-17-9-6-11-28(35)20-21-38(39)49-41/h1-26H. The Morgan fingerprint density at radius 1 is 0.408 bits per heavy atom. The van der Waals surface area contributed by atoms with E-state index in [9.17, 15) is 0 Å². The first-order valence-corrected chi connectivity index (χ1v) is 16.3. The third-order valence-electron chi connectivity index (χ3n) is 9.33. The van der Waals surface area contributed by atoms with Crippen LogP contribution < -0.4 is 0 Å². The van der Waals surface area contributed by atoms with E-state index < -0.39 is 0 Å². The van der Waals surface area contributed by atoms with Gasteiger partial charge in [-0.25, -0.2) is 15.0 Å². The summed E-state index contributed by atoms with van der Waals surface area (Å²) >= 11 is 0. The quantitative estimate of drug-likeness (QED) is 0.194. The SMILES string of the molecule is c1ccc(-c2nc(-c3ccc4ccccc4c3)nc(-c3cc(-c4nccc5c4oc4ccc6ccccc6c45)c4ccccc4c3)n2)cc1. The molecule has 0 spiro atoms. The Bertz CT molecular complexity index is 2890. The number of fused-ring (bicyclic) bond motifs is 7. The molecule has 0 radical (unpaired) electrons. The average Bonchev–Trinajstić information content (AvgIpc) is 3.57. The van der Waals surface area contributed by atoms with Crippen molar-refractivity contribution in [3.05, 3.63) is 158 Å². The van der Waals surface area contributed by atoms with Crippen LogP contribution in [0.1, 0.15) is 0 Å². The minimum absolute atomic E-state index is 0.590. The van der Waals surface area contributed by atoms with Crippen molar-refractivity contribution >= 4 is 54.3 Å². The van der Waals surface area contributed by atoms with Gasteiger partial charge in [-0.3, -0.25) is 4.98 Å². The van der Waals surface area contributed by atoms with Crippen LogP contribution in [0.25, 0.3) is 99.7 Å². The molecular formula is C44H26N4O. The van der Waals surface area contributed by atoms with Crippen molar-refractivity contribution < 1.29 is 4.42 Å². The highest BCUT2D eigenvalue weighted by Gasteiger charge is 2.20. The highest BCUT2D eigenvalue weighted by molar-refractivity contribution is 6.21. The van der Waals surface area contributed by atoms with Crippen LogP contribution >= 0.6 is 0 Å². The van der Waals surface area contributed by atoms with Crippen molar-refractivity contribution in [2.75, 3.05) is 0 Å². The summed E-state index contributed by atoms with van der Waals surface area (Å²) in [5.41, 5.74) is 6.06. The summed E-state index contributed by atoms with van der Waals surface area (Å²) in [6, 6.07) is 52.1. The van der Waals surface area contributed by atoms with Crippen LogP contribution in [0.15, 0.2) is 162 Å². The van der Waals surface area contributed by atoms with Crippen LogP contribution in [-0.4, -0.2) is 19.9 Å². The zero-order valence-electron chi connectivity index (χ0n) is 26.2. The lowest BCUT2D eigenvalue weighted by atomic mass is 9.96. The van der Waals surface area contributed by atoms with Crippen molar-refractivity contribution in [2.24, 2.45) is 0 Å². The lowest BCUT2D eigenvalue weighted by molar-refractivity contribution is 0.668. The first kappa shape index (κ1) is 27.4. The van der Waals surface area contributed by atoms with Gasteiger partial charge in [-0.2, -0.15) is 0 Å². The van der Waals surface area contributed by atoms with Gasteiger partial charge in [0, 0.05) is 39.2 Å². The van der Waals surface area contributed by atoms with Crippen molar-refractivity contribution in [1.82, 2.24) is 19.9 Å². The van der Waals surface area contributed by atoms with Gasteiger partial charge in [-0.1, -0.05) is 121 Å². The van der Waals surface area contributed by atoms with Crippen LogP contribution in [0.4, 0.5) is 0 Å². The van der Waals surface area contributed by atoms with Crippen molar-refractivity contribution in [2.45, 2.75) is 0 Å². The molecule has 0 bridgehead atoms. The second-order valence-corrected chi connectivity index (χ2v) is 12.3. The topological polar surface area (TPSA) is 64.7 Å². The third kappa shape index (κ3) is 4.55. The molecule has 10 rings (SSSR count). The first-order chi connectivity index (χ1) is 24.3.